The fourth-order valence-corrected chi connectivity index (χ4v) is 3.18. The molecule has 0 fully saturated rings. The molecule has 1 aromatic carbocycles. The first-order valence-electron chi connectivity index (χ1n) is 6.51. The van der Waals surface area contributed by atoms with Gasteiger partial charge in [-0.05, 0) is 31.5 Å². The molecule has 0 aliphatic carbocycles. The van der Waals surface area contributed by atoms with Crippen molar-refractivity contribution in [3.8, 4) is 0 Å². The maximum Gasteiger partial charge on any atom is 0.249 e. The summed E-state index contributed by atoms with van der Waals surface area (Å²) >= 11 is 0. The van der Waals surface area contributed by atoms with E-state index >= 15 is 0 Å². The van der Waals surface area contributed by atoms with E-state index < -0.39 is 15.9 Å². The number of benzene rings is 1. The van der Waals surface area contributed by atoms with E-state index in [-0.39, 0.29) is 17.0 Å². The molecule has 22 heavy (non-hydrogen) atoms. The van der Waals surface area contributed by atoms with E-state index in [0.29, 0.717) is 17.0 Å². The van der Waals surface area contributed by atoms with E-state index in [1.807, 2.05) is 0 Å². The number of aromatic nitrogens is 1. The zero-order chi connectivity index (χ0) is 16.5. The Kier molecular flexibility index (Phi) is 4.34. The smallest absolute Gasteiger partial charge is 0.249 e. The molecule has 0 bridgehead atoms. The standard InChI is InChI=1S/C14H17N3O4S/c1-9-4-5-12(7-13(9)14(15)18)22(19,20)17(3)8-11-6-10(2)21-16-11/h4-7H,8H2,1-3H3,(H2,15,18). The van der Waals surface area contributed by atoms with Gasteiger partial charge in [0.2, 0.25) is 15.9 Å². The topological polar surface area (TPSA) is 106 Å². The number of amides is 1. The molecular formula is C14H17N3O4S. The zero-order valence-corrected chi connectivity index (χ0v) is 13.3. The van der Waals surface area contributed by atoms with E-state index in [2.05, 4.69) is 5.16 Å². The highest BCUT2D eigenvalue weighted by molar-refractivity contribution is 7.89. The van der Waals surface area contributed by atoms with Crippen LogP contribution < -0.4 is 5.73 Å². The van der Waals surface area contributed by atoms with Crippen LogP contribution in [0, 0.1) is 13.8 Å². The molecule has 0 aliphatic rings. The van der Waals surface area contributed by atoms with Crippen molar-refractivity contribution in [3.63, 3.8) is 0 Å². The Labute approximate surface area is 128 Å². The minimum Gasteiger partial charge on any atom is -0.366 e. The third-order valence-electron chi connectivity index (χ3n) is 3.24. The van der Waals surface area contributed by atoms with Gasteiger partial charge in [-0.2, -0.15) is 4.31 Å². The molecule has 1 amide bonds. The van der Waals surface area contributed by atoms with E-state index in [1.54, 1.807) is 26.0 Å². The lowest BCUT2D eigenvalue weighted by Gasteiger charge is -2.16. The second-order valence-electron chi connectivity index (χ2n) is 5.03. The van der Waals surface area contributed by atoms with Gasteiger partial charge in [0.25, 0.3) is 0 Å². The summed E-state index contributed by atoms with van der Waals surface area (Å²) in [5.74, 6) is -0.0588. The average molecular weight is 323 g/mol. The van der Waals surface area contributed by atoms with Gasteiger partial charge in [0.1, 0.15) is 5.76 Å². The SMILES string of the molecule is Cc1cc(CN(C)S(=O)(=O)c2ccc(C)c(C(N)=O)c2)no1. The lowest BCUT2D eigenvalue weighted by atomic mass is 10.1. The van der Waals surface area contributed by atoms with Gasteiger partial charge in [0.15, 0.2) is 0 Å². The molecule has 0 saturated carbocycles. The van der Waals surface area contributed by atoms with Crippen LogP contribution in [0.3, 0.4) is 0 Å². The predicted molar refractivity (Wildman–Crippen MR) is 79.6 cm³/mol. The Morgan fingerprint density at radius 1 is 1.32 bits per heavy atom. The summed E-state index contributed by atoms with van der Waals surface area (Å²) in [6.07, 6.45) is 0. The van der Waals surface area contributed by atoms with Gasteiger partial charge in [-0.1, -0.05) is 11.2 Å². The van der Waals surface area contributed by atoms with E-state index in [4.69, 9.17) is 10.3 Å². The Morgan fingerprint density at radius 3 is 2.55 bits per heavy atom. The predicted octanol–water partition coefficient (Wildman–Crippen LogP) is 1.21. The lowest BCUT2D eigenvalue weighted by Crippen LogP contribution is -2.27. The number of hydrogen-bond acceptors (Lipinski definition) is 5. The minimum absolute atomic E-state index is 0.00890. The van der Waals surface area contributed by atoms with Crippen LogP contribution in [0.25, 0.3) is 0 Å². The summed E-state index contributed by atoms with van der Waals surface area (Å²) < 4.78 is 31.1. The van der Waals surface area contributed by atoms with Crippen molar-refractivity contribution in [1.82, 2.24) is 9.46 Å². The number of primary amides is 1. The largest absolute Gasteiger partial charge is 0.366 e. The van der Waals surface area contributed by atoms with Crippen LogP contribution in [0.1, 0.15) is 27.4 Å². The van der Waals surface area contributed by atoms with Gasteiger partial charge < -0.3 is 10.3 Å². The van der Waals surface area contributed by atoms with Gasteiger partial charge >= 0.3 is 0 Å². The molecule has 1 aromatic heterocycles. The number of nitrogens with two attached hydrogens (primary N) is 1. The number of hydrogen-bond donors (Lipinski definition) is 1. The first-order valence-corrected chi connectivity index (χ1v) is 7.95. The summed E-state index contributed by atoms with van der Waals surface area (Å²) in [5.41, 5.74) is 6.58. The first kappa shape index (κ1) is 16.2. The first-order chi connectivity index (χ1) is 10.2. The monoisotopic (exact) mass is 323 g/mol. The van der Waals surface area contributed by atoms with Crippen LogP contribution in [0.15, 0.2) is 33.7 Å². The van der Waals surface area contributed by atoms with E-state index in [1.165, 1.54) is 19.2 Å². The Balaban J connectivity index is 2.33. The number of aryl methyl sites for hydroxylation is 2. The van der Waals surface area contributed by atoms with Crippen LogP contribution >= 0.6 is 0 Å². The van der Waals surface area contributed by atoms with Gasteiger partial charge in [-0.15, -0.1) is 0 Å². The van der Waals surface area contributed by atoms with Crippen molar-refractivity contribution >= 4 is 15.9 Å². The number of nitrogens with zero attached hydrogens (tertiary/aromatic N) is 2. The molecule has 1 heterocycles. The van der Waals surface area contributed by atoms with Crippen LogP contribution in [0.2, 0.25) is 0 Å². The maximum atomic E-state index is 12.5. The molecule has 7 nitrogen and oxygen atoms in total. The van der Waals surface area contributed by atoms with Gasteiger partial charge in [0, 0.05) is 18.7 Å². The second kappa shape index (κ2) is 5.90. The third-order valence-corrected chi connectivity index (χ3v) is 5.04. The van der Waals surface area contributed by atoms with Gasteiger partial charge in [-0.3, -0.25) is 4.79 Å². The Hall–Kier alpha value is -2.19. The maximum absolute atomic E-state index is 12.5. The average Bonchev–Trinajstić information content (AvgIpc) is 2.84. The number of rotatable bonds is 5. The zero-order valence-electron chi connectivity index (χ0n) is 12.5. The molecule has 0 aliphatic heterocycles. The Bertz CT molecular complexity index is 811. The molecule has 2 N–H and O–H groups in total. The third kappa shape index (κ3) is 3.18. The molecule has 2 aromatic rings. The fraction of sp³-hybridized carbons (Fsp3) is 0.286. The molecule has 0 atom stereocenters. The lowest BCUT2D eigenvalue weighted by molar-refractivity contribution is 0.0999. The highest BCUT2D eigenvalue weighted by Gasteiger charge is 2.23. The number of carbonyl (C=O) groups is 1. The molecular weight excluding hydrogens is 306 g/mol. The summed E-state index contributed by atoms with van der Waals surface area (Å²) in [5, 5.41) is 3.77. The number of sulfonamides is 1. The van der Waals surface area contributed by atoms with E-state index in [0.717, 1.165) is 4.31 Å². The van der Waals surface area contributed by atoms with E-state index in [9.17, 15) is 13.2 Å². The van der Waals surface area contributed by atoms with Gasteiger partial charge in [0.05, 0.1) is 17.1 Å². The van der Waals surface area contributed by atoms with Crippen LogP contribution in [0.5, 0.6) is 0 Å². The fourth-order valence-electron chi connectivity index (χ4n) is 2.01. The normalized spacial score (nSPS) is 11.8. The van der Waals surface area contributed by atoms with Crippen molar-refractivity contribution in [1.29, 1.82) is 0 Å². The summed E-state index contributed by atoms with van der Waals surface area (Å²) in [6, 6.07) is 5.95. The quantitative estimate of drug-likeness (QED) is 0.890. The minimum atomic E-state index is -3.76. The highest BCUT2D eigenvalue weighted by atomic mass is 32.2. The van der Waals surface area contributed by atoms with Crippen molar-refractivity contribution in [2.45, 2.75) is 25.3 Å². The summed E-state index contributed by atoms with van der Waals surface area (Å²) in [7, 11) is -2.32. The summed E-state index contributed by atoms with van der Waals surface area (Å²) in [6.45, 7) is 3.49. The molecule has 118 valence electrons. The molecule has 0 radical (unpaired) electrons. The molecule has 0 spiro atoms. The molecule has 0 unspecified atom stereocenters. The second-order valence-corrected chi connectivity index (χ2v) is 7.08. The van der Waals surface area contributed by atoms with Crippen LogP contribution in [-0.2, 0) is 16.6 Å². The summed E-state index contributed by atoms with van der Waals surface area (Å²) in [4.78, 5) is 11.4. The molecule has 0 saturated heterocycles. The highest BCUT2D eigenvalue weighted by Crippen LogP contribution is 2.20. The molecule has 8 heteroatoms. The van der Waals surface area contributed by atoms with Crippen molar-refractivity contribution in [3.05, 3.63) is 46.8 Å². The van der Waals surface area contributed by atoms with Crippen molar-refractivity contribution in [2.24, 2.45) is 5.73 Å². The molecule has 2 rings (SSSR count). The van der Waals surface area contributed by atoms with Crippen molar-refractivity contribution in [2.75, 3.05) is 7.05 Å². The van der Waals surface area contributed by atoms with Crippen LogP contribution in [0.4, 0.5) is 0 Å². The Morgan fingerprint density at radius 2 is 2.00 bits per heavy atom. The van der Waals surface area contributed by atoms with Gasteiger partial charge in [-0.25, -0.2) is 8.42 Å². The van der Waals surface area contributed by atoms with Crippen molar-refractivity contribution < 1.29 is 17.7 Å². The van der Waals surface area contributed by atoms with Crippen LogP contribution in [-0.4, -0.2) is 30.8 Å². The number of carbonyl (C=O) groups excluding carboxylic acids is 1.